The van der Waals surface area contributed by atoms with Crippen LogP contribution in [0.4, 0.5) is 0 Å². The Bertz CT molecular complexity index is 992. The minimum Gasteiger partial charge on any atom is -0.490 e. The lowest BCUT2D eigenvalue weighted by molar-refractivity contribution is 0.214. The first-order valence-corrected chi connectivity index (χ1v) is 8.38. The number of hydrogen-bond acceptors (Lipinski definition) is 5. The summed E-state index contributed by atoms with van der Waals surface area (Å²) in [6.45, 7) is 0.826. The van der Waals surface area contributed by atoms with E-state index in [1.54, 1.807) is 12.4 Å². The van der Waals surface area contributed by atoms with Crippen LogP contribution in [0.2, 0.25) is 0 Å². The minimum atomic E-state index is 0.391. The second-order valence-corrected chi connectivity index (χ2v) is 5.62. The molecule has 5 nitrogen and oxygen atoms in total. The van der Waals surface area contributed by atoms with Gasteiger partial charge in [-0.1, -0.05) is 30.3 Å². The van der Waals surface area contributed by atoms with E-state index in [4.69, 9.17) is 9.47 Å². The molecule has 4 rings (SSSR count). The van der Waals surface area contributed by atoms with Gasteiger partial charge in [-0.25, -0.2) is 4.98 Å². The zero-order chi connectivity index (χ0) is 17.6. The molecule has 0 unspecified atom stereocenters. The lowest BCUT2D eigenvalue weighted by Crippen LogP contribution is -2.10. The fourth-order valence-corrected chi connectivity index (χ4v) is 2.60. The highest BCUT2D eigenvalue weighted by Gasteiger charge is 2.10. The van der Waals surface area contributed by atoms with E-state index >= 15 is 0 Å². The minimum absolute atomic E-state index is 0.391. The van der Waals surface area contributed by atoms with Gasteiger partial charge in [-0.2, -0.15) is 4.98 Å². The summed E-state index contributed by atoms with van der Waals surface area (Å²) in [5.74, 6) is 1.96. The molecule has 0 fully saturated rings. The highest BCUT2D eigenvalue weighted by Crippen LogP contribution is 2.26. The van der Waals surface area contributed by atoms with Crippen LogP contribution in [0.3, 0.4) is 0 Å². The highest BCUT2D eigenvalue weighted by atomic mass is 16.5. The highest BCUT2D eigenvalue weighted by molar-refractivity contribution is 5.85. The van der Waals surface area contributed by atoms with Crippen molar-refractivity contribution in [2.24, 2.45) is 0 Å². The molecule has 0 N–H and O–H groups in total. The monoisotopic (exact) mass is 343 g/mol. The standard InChI is InChI=1S/C21H17N3O2/c1-2-8-17(9-3-1)25-13-14-26-21-18-10-4-5-11-19(18)23-20(24-21)16-7-6-12-22-15-16/h1-12,15H,13-14H2. The van der Waals surface area contributed by atoms with Gasteiger partial charge >= 0.3 is 0 Å². The zero-order valence-corrected chi connectivity index (χ0v) is 14.1. The SMILES string of the molecule is c1ccc(OCCOc2nc(-c3cccnc3)nc3ccccc23)cc1. The average Bonchev–Trinajstić information content (AvgIpc) is 2.72. The van der Waals surface area contributed by atoms with E-state index in [-0.39, 0.29) is 0 Å². The van der Waals surface area contributed by atoms with E-state index in [2.05, 4.69) is 15.0 Å². The molecule has 0 aliphatic carbocycles. The second kappa shape index (κ2) is 7.61. The van der Waals surface area contributed by atoms with Crippen LogP contribution < -0.4 is 9.47 Å². The Balaban J connectivity index is 1.55. The topological polar surface area (TPSA) is 57.1 Å². The Kier molecular flexibility index (Phi) is 4.69. The zero-order valence-electron chi connectivity index (χ0n) is 14.1. The van der Waals surface area contributed by atoms with Crippen molar-refractivity contribution in [1.82, 2.24) is 15.0 Å². The third-order valence-electron chi connectivity index (χ3n) is 3.82. The Labute approximate surface area is 151 Å². The van der Waals surface area contributed by atoms with Gasteiger partial charge in [0.25, 0.3) is 0 Å². The number of nitrogens with zero attached hydrogens (tertiary/aromatic N) is 3. The van der Waals surface area contributed by atoms with Gasteiger partial charge in [-0.3, -0.25) is 4.98 Å². The Hall–Kier alpha value is -3.47. The molecule has 0 spiro atoms. The summed E-state index contributed by atoms with van der Waals surface area (Å²) in [6.07, 6.45) is 3.47. The van der Waals surface area contributed by atoms with Crippen LogP contribution in [0.5, 0.6) is 11.6 Å². The summed E-state index contributed by atoms with van der Waals surface area (Å²) in [4.78, 5) is 13.3. The largest absolute Gasteiger partial charge is 0.490 e. The van der Waals surface area contributed by atoms with Gasteiger partial charge < -0.3 is 9.47 Å². The van der Waals surface area contributed by atoms with Crippen LogP contribution in [0, 0.1) is 0 Å². The average molecular weight is 343 g/mol. The maximum Gasteiger partial charge on any atom is 0.225 e. The number of benzene rings is 2. The van der Waals surface area contributed by atoms with Crippen molar-refractivity contribution in [3.63, 3.8) is 0 Å². The molecule has 26 heavy (non-hydrogen) atoms. The third-order valence-corrected chi connectivity index (χ3v) is 3.82. The second-order valence-electron chi connectivity index (χ2n) is 5.62. The fourth-order valence-electron chi connectivity index (χ4n) is 2.60. The van der Waals surface area contributed by atoms with Crippen molar-refractivity contribution in [2.45, 2.75) is 0 Å². The Morgan fingerprint density at radius 1 is 0.731 bits per heavy atom. The smallest absolute Gasteiger partial charge is 0.225 e. The first-order chi connectivity index (χ1) is 12.9. The maximum atomic E-state index is 5.91. The molecule has 0 saturated carbocycles. The van der Waals surface area contributed by atoms with Gasteiger partial charge in [0.15, 0.2) is 5.82 Å². The van der Waals surface area contributed by atoms with Gasteiger partial charge in [0.1, 0.15) is 19.0 Å². The molecular weight excluding hydrogens is 326 g/mol. The van der Waals surface area contributed by atoms with Gasteiger partial charge in [0.05, 0.1) is 10.9 Å². The van der Waals surface area contributed by atoms with Crippen LogP contribution in [0.15, 0.2) is 79.1 Å². The summed E-state index contributed by atoms with van der Waals surface area (Å²) in [7, 11) is 0. The molecule has 5 heteroatoms. The molecule has 4 aromatic rings. The van der Waals surface area contributed by atoms with Crippen molar-refractivity contribution >= 4 is 10.9 Å². The molecule has 0 bridgehead atoms. The molecule has 2 aromatic carbocycles. The summed E-state index contributed by atoms with van der Waals surface area (Å²) < 4.78 is 11.6. The predicted molar refractivity (Wildman–Crippen MR) is 100 cm³/mol. The summed E-state index contributed by atoms with van der Waals surface area (Å²) in [5, 5.41) is 0.875. The number of rotatable bonds is 6. The maximum absolute atomic E-state index is 5.91. The van der Waals surface area contributed by atoms with Crippen molar-refractivity contribution in [1.29, 1.82) is 0 Å². The molecule has 0 aliphatic rings. The lowest BCUT2D eigenvalue weighted by atomic mass is 10.2. The number of fused-ring (bicyclic) bond motifs is 1. The normalized spacial score (nSPS) is 10.6. The first kappa shape index (κ1) is 16.0. The number of ether oxygens (including phenoxy) is 2. The van der Waals surface area contributed by atoms with Gasteiger partial charge in [0, 0.05) is 18.0 Å². The predicted octanol–water partition coefficient (Wildman–Crippen LogP) is 4.15. The van der Waals surface area contributed by atoms with E-state index in [1.807, 2.05) is 66.7 Å². The van der Waals surface area contributed by atoms with E-state index in [0.717, 1.165) is 22.2 Å². The van der Waals surface area contributed by atoms with Crippen molar-refractivity contribution in [3.8, 4) is 23.0 Å². The summed E-state index contributed by atoms with van der Waals surface area (Å²) in [6, 6.07) is 21.3. The molecule has 2 heterocycles. The number of hydrogen-bond donors (Lipinski definition) is 0. The van der Waals surface area contributed by atoms with Crippen LogP contribution in [-0.2, 0) is 0 Å². The molecule has 0 amide bonds. The van der Waals surface area contributed by atoms with Crippen LogP contribution in [0.25, 0.3) is 22.3 Å². The lowest BCUT2D eigenvalue weighted by Gasteiger charge is -2.11. The van der Waals surface area contributed by atoms with Crippen LogP contribution >= 0.6 is 0 Å². The first-order valence-electron chi connectivity index (χ1n) is 8.38. The van der Waals surface area contributed by atoms with Gasteiger partial charge in [0.2, 0.25) is 5.88 Å². The van der Waals surface area contributed by atoms with E-state index < -0.39 is 0 Å². The van der Waals surface area contributed by atoms with Gasteiger partial charge in [-0.05, 0) is 36.4 Å². The third kappa shape index (κ3) is 3.62. The molecular formula is C21H17N3O2. The molecule has 0 atom stereocenters. The number of aromatic nitrogens is 3. The number of para-hydroxylation sites is 2. The van der Waals surface area contributed by atoms with Gasteiger partial charge in [-0.15, -0.1) is 0 Å². The molecule has 2 aromatic heterocycles. The quantitative estimate of drug-likeness (QED) is 0.492. The molecule has 0 saturated heterocycles. The number of pyridine rings is 1. The van der Waals surface area contributed by atoms with Crippen LogP contribution in [0.1, 0.15) is 0 Å². The fraction of sp³-hybridized carbons (Fsp3) is 0.0952. The summed E-state index contributed by atoms with van der Waals surface area (Å²) in [5.41, 5.74) is 1.68. The van der Waals surface area contributed by atoms with Crippen molar-refractivity contribution in [2.75, 3.05) is 13.2 Å². The Morgan fingerprint density at radius 3 is 2.38 bits per heavy atom. The van der Waals surface area contributed by atoms with E-state index in [0.29, 0.717) is 24.9 Å². The Morgan fingerprint density at radius 2 is 1.54 bits per heavy atom. The van der Waals surface area contributed by atoms with E-state index in [1.165, 1.54) is 0 Å². The molecule has 0 aliphatic heterocycles. The summed E-state index contributed by atoms with van der Waals surface area (Å²) >= 11 is 0. The van der Waals surface area contributed by atoms with Crippen LogP contribution in [-0.4, -0.2) is 28.2 Å². The van der Waals surface area contributed by atoms with Crippen molar-refractivity contribution < 1.29 is 9.47 Å². The van der Waals surface area contributed by atoms with Crippen molar-refractivity contribution in [3.05, 3.63) is 79.1 Å². The van der Waals surface area contributed by atoms with E-state index in [9.17, 15) is 0 Å². The molecule has 0 radical (unpaired) electrons. The molecule has 128 valence electrons.